The molecule has 0 bridgehead atoms. The molecule has 5 heteroatoms. The summed E-state index contributed by atoms with van der Waals surface area (Å²) >= 11 is 0. The molecule has 0 aliphatic rings. The van der Waals surface area contributed by atoms with Crippen LogP contribution in [-0.2, 0) is 11.3 Å². The second-order valence-electron chi connectivity index (χ2n) is 4.86. The van der Waals surface area contributed by atoms with Crippen LogP contribution in [0.3, 0.4) is 0 Å². The van der Waals surface area contributed by atoms with Gasteiger partial charge >= 0.3 is 0 Å². The van der Waals surface area contributed by atoms with Crippen molar-refractivity contribution in [2.75, 3.05) is 0 Å². The average molecular weight is 296 g/mol. The number of para-hydroxylation sites is 1. The minimum absolute atomic E-state index is 0.0229. The molecule has 0 radical (unpaired) electrons. The van der Waals surface area contributed by atoms with Gasteiger partial charge in [0.05, 0.1) is 10.5 Å². The Morgan fingerprint density at radius 2 is 2.00 bits per heavy atom. The monoisotopic (exact) mass is 296 g/mol. The zero-order valence-electron chi connectivity index (χ0n) is 12.2. The highest BCUT2D eigenvalue weighted by Crippen LogP contribution is 2.18. The number of aryl methyl sites for hydroxylation is 1. The summed E-state index contributed by atoms with van der Waals surface area (Å²) in [6, 6.07) is 14.1. The highest BCUT2D eigenvalue weighted by Gasteiger charge is 2.09. The number of nitro benzene ring substituents is 1. The maximum atomic E-state index is 11.8. The fourth-order valence-electron chi connectivity index (χ4n) is 2.03. The van der Waals surface area contributed by atoms with Gasteiger partial charge in [-0.15, -0.1) is 0 Å². The number of amides is 1. The summed E-state index contributed by atoms with van der Waals surface area (Å²) in [6.07, 6.45) is 2.75. The van der Waals surface area contributed by atoms with Crippen LogP contribution in [0.15, 0.2) is 54.6 Å². The first-order valence-electron chi connectivity index (χ1n) is 6.81. The van der Waals surface area contributed by atoms with Gasteiger partial charge in [0.25, 0.3) is 5.69 Å². The summed E-state index contributed by atoms with van der Waals surface area (Å²) in [5.74, 6) is -0.292. The molecule has 0 saturated carbocycles. The molecule has 2 aromatic rings. The van der Waals surface area contributed by atoms with E-state index in [0.717, 1.165) is 11.1 Å². The first-order valence-corrected chi connectivity index (χ1v) is 6.81. The Hall–Kier alpha value is -2.95. The Morgan fingerprint density at radius 1 is 1.23 bits per heavy atom. The van der Waals surface area contributed by atoms with E-state index < -0.39 is 4.92 Å². The zero-order valence-corrected chi connectivity index (χ0v) is 12.2. The molecular weight excluding hydrogens is 280 g/mol. The van der Waals surface area contributed by atoms with Crippen molar-refractivity contribution in [2.24, 2.45) is 0 Å². The third-order valence-corrected chi connectivity index (χ3v) is 3.10. The van der Waals surface area contributed by atoms with E-state index in [1.807, 2.05) is 31.2 Å². The van der Waals surface area contributed by atoms with Crippen molar-refractivity contribution >= 4 is 17.7 Å². The second kappa shape index (κ2) is 7.17. The molecule has 1 amide bonds. The lowest BCUT2D eigenvalue weighted by atomic mass is 10.1. The zero-order chi connectivity index (χ0) is 15.9. The van der Waals surface area contributed by atoms with Crippen LogP contribution >= 0.6 is 0 Å². The Bertz CT molecular complexity index is 723. The highest BCUT2D eigenvalue weighted by molar-refractivity contribution is 5.92. The minimum Gasteiger partial charge on any atom is -0.348 e. The summed E-state index contributed by atoms with van der Waals surface area (Å²) in [6.45, 7) is 2.40. The smallest absolute Gasteiger partial charge is 0.276 e. The third-order valence-electron chi connectivity index (χ3n) is 3.10. The molecule has 1 N–H and O–H groups in total. The average Bonchev–Trinajstić information content (AvgIpc) is 2.51. The predicted octanol–water partition coefficient (Wildman–Crippen LogP) is 3.23. The number of carbonyl (C=O) groups excluding carboxylic acids is 1. The summed E-state index contributed by atoms with van der Waals surface area (Å²) < 4.78 is 0. The van der Waals surface area contributed by atoms with E-state index in [9.17, 15) is 14.9 Å². The molecule has 0 saturated heterocycles. The molecule has 2 rings (SSSR count). The fraction of sp³-hybridized carbons (Fsp3) is 0.118. The molecule has 22 heavy (non-hydrogen) atoms. The number of rotatable bonds is 5. The molecule has 112 valence electrons. The minimum atomic E-state index is -0.468. The number of hydrogen-bond donors (Lipinski definition) is 1. The Balaban J connectivity index is 1.99. The Kier molecular flexibility index (Phi) is 5.03. The summed E-state index contributed by atoms with van der Waals surface area (Å²) in [4.78, 5) is 22.2. The van der Waals surface area contributed by atoms with E-state index in [2.05, 4.69) is 5.32 Å². The van der Waals surface area contributed by atoms with Crippen LogP contribution in [-0.4, -0.2) is 10.8 Å². The number of benzene rings is 2. The summed E-state index contributed by atoms with van der Waals surface area (Å²) in [7, 11) is 0. The molecule has 2 aromatic carbocycles. The van der Waals surface area contributed by atoms with Gasteiger partial charge in [0.1, 0.15) is 0 Å². The number of nitro groups is 1. The molecule has 0 spiro atoms. The van der Waals surface area contributed by atoms with Crippen molar-refractivity contribution < 1.29 is 9.72 Å². The topological polar surface area (TPSA) is 72.2 Å². The molecule has 5 nitrogen and oxygen atoms in total. The van der Waals surface area contributed by atoms with Crippen LogP contribution in [0.5, 0.6) is 0 Å². The van der Waals surface area contributed by atoms with E-state index >= 15 is 0 Å². The van der Waals surface area contributed by atoms with Gasteiger partial charge in [0, 0.05) is 18.7 Å². The van der Waals surface area contributed by atoms with Gasteiger partial charge in [-0.2, -0.15) is 0 Å². The van der Waals surface area contributed by atoms with Crippen molar-refractivity contribution in [3.05, 3.63) is 81.4 Å². The fourth-order valence-corrected chi connectivity index (χ4v) is 2.03. The molecular formula is C17H16N2O3. The van der Waals surface area contributed by atoms with E-state index in [1.54, 1.807) is 18.2 Å². The van der Waals surface area contributed by atoms with Gasteiger partial charge in [-0.05, 0) is 24.6 Å². The van der Waals surface area contributed by atoms with E-state index in [1.165, 1.54) is 18.2 Å². The molecule has 0 atom stereocenters. The molecule has 0 fully saturated rings. The maximum absolute atomic E-state index is 11.8. The van der Waals surface area contributed by atoms with Crippen molar-refractivity contribution in [2.45, 2.75) is 13.5 Å². The summed E-state index contributed by atoms with van der Waals surface area (Å²) in [5.41, 5.74) is 2.51. The Morgan fingerprint density at radius 3 is 2.73 bits per heavy atom. The maximum Gasteiger partial charge on any atom is 0.276 e. The van der Waals surface area contributed by atoms with Gasteiger partial charge in [-0.1, -0.05) is 42.0 Å². The molecule has 0 heterocycles. The SMILES string of the molecule is Cc1cccc(CNC(=O)/C=C/c2ccccc2[N+](=O)[O-])c1. The van der Waals surface area contributed by atoms with Gasteiger partial charge in [0.15, 0.2) is 0 Å². The van der Waals surface area contributed by atoms with Crippen molar-refractivity contribution in [3.63, 3.8) is 0 Å². The second-order valence-corrected chi connectivity index (χ2v) is 4.86. The van der Waals surface area contributed by atoms with Gasteiger partial charge < -0.3 is 5.32 Å². The lowest BCUT2D eigenvalue weighted by molar-refractivity contribution is -0.385. The molecule has 0 aliphatic heterocycles. The van der Waals surface area contributed by atoms with Crippen molar-refractivity contribution in [3.8, 4) is 0 Å². The molecule has 0 aliphatic carbocycles. The van der Waals surface area contributed by atoms with Crippen LogP contribution in [0.25, 0.3) is 6.08 Å². The largest absolute Gasteiger partial charge is 0.348 e. The van der Waals surface area contributed by atoms with E-state index in [0.29, 0.717) is 12.1 Å². The molecule has 0 aromatic heterocycles. The van der Waals surface area contributed by atoms with E-state index in [4.69, 9.17) is 0 Å². The summed E-state index contributed by atoms with van der Waals surface area (Å²) in [5, 5.41) is 13.6. The molecule has 0 unspecified atom stereocenters. The number of nitrogens with zero attached hydrogens (tertiary/aromatic N) is 1. The highest BCUT2D eigenvalue weighted by atomic mass is 16.6. The van der Waals surface area contributed by atoms with Crippen LogP contribution in [0, 0.1) is 17.0 Å². The number of carbonyl (C=O) groups is 1. The number of hydrogen-bond acceptors (Lipinski definition) is 3. The lowest BCUT2D eigenvalue weighted by Crippen LogP contribution is -2.20. The number of nitrogens with one attached hydrogen (secondary N) is 1. The van der Waals surface area contributed by atoms with Gasteiger partial charge in [-0.3, -0.25) is 14.9 Å². The van der Waals surface area contributed by atoms with Crippen molar-refractivity contribution in [1.82, 2.24) is 5.32 Å². The van der Waals surface area contributed by atoms with Crippen LogP contribution < -0.4 is 5.32 Å². The Labute approximate surface area is 128 Å². The van der Waals surface area contributed by atoms with E-state index in [-0.39, 0.29) is 11.6 Å². The van der Waals surface area contributed by atoms with Crippen molar-refractivity contribution in [1.29, 1.82) is 0 Å². The van der Waals surface area contributed by atoms with Crippen LogP contribution in [0.1, 0.15) is 16.7 Å². The predicted molar refractivity (Wildman–Crippen MR) is 85.2 cm³/mol. The van der Waals surface area contributed by atoms with Crippen LogP contribution in [0.2, 0.25) is 0 Å². The third kappa shape index (κ3) is 4.28. The van der Waals surface area contributed by atoms with Crippen LogP contribution in [0.4, 0.5) is 5.69 Å². The van der Waals surface area contributed by atoms with Gasteiger partial charge in [0.2, 0.25) is 5.91 Å². The first-order chi connectivity index (χ1) is 10.6. The quantitative estimate of drug-likeness (QED) is 0.523. The normalized spacial score (nSPS) is 10.6. The van der Waals surface area contributed by atoms with Gasteiger partial charge in [-0.25, -0.2) is 0 Å². The standard InChI is InChI=1S/C17H16N2O3/c1-13-5-4-6-14(11-13)12-18-17(20)10-9-15-7-2-3-8-16(15)19(21)22/h2-11H,12H2,1H3,(H,18,20)/b10-9+. The lowest BCUT2D eigenvalue weighted by Gasteiger charge is -2.03. The first kappa shape index (κ1) is 15.4.